The fourth-order valence-electron chi connectivity index (χ4n) is 5.36. The monoisotopic (exact) mass is 656 g/mol. The number of hydrogen-bond donors (Lipinski definition) is 0. The highest BCUT2D eigenvalue weighted by molar-refractivity contribution is 5.85. The van der Waals surface area contributed by atoms with Crippen molar-refractivity contribution in [3.63, 3.8) is 0 Å². The van der Waals surface area contributed by atoms with Crippen LogP contribution in [0.4, 0.5) is 26.3 Å². The summed E-state index contributed by atoms with van der Waals surface area (Å²) in [5, 5.41) is 0. The summed E-state index contributed by atoms with van der Waals surface area (Å²) in [7, 11) is 1.50. The van der Waals surface area contributed by atoms with Crippen molar-refractivity contribution in [1.82, 2.24) is 19.6 Å². The molecule has 43 heavy (non-hydrogen) atoms. The predicted molar refractivity (Wildman–Crippen MR) is 155 cm³/mol. The minimum atomic E-state index is -4.93. The Bertz CT molecular complexity index is 1170. The second-order valence-electron chi connectivity index (χ2n) is 10.6. The van der Waals surface area contributed by atoms with Crippen LogP contribution in [0.5, 0.6) is 0 Å². The second kappa shape index (κ2) is 15.5. The number of alkyl halides is 6. The van der Waals surface area contributed by atoms with E-state index < -0.39 is 29.5 Å². The lowest BCUT2D eigenvalue weighted by molar-refractivity contribution is -0.143. The molecule has 0 aliphatic carbocycles. The maximum Gasteiger partial charge on any atom is 0.416 e. The maximum absolute atomic E-state index is 13.7. The Balaban J connectivity index is 0.00000323. The number of amides is 2. The molecular formula is C29H36Cl2F6N4O2. The van der Waals surface area contributed by atoms with Crippen LogP contribution in [0.2, 0.25) is 0 Å². The molecule has 0 radical (unpaired) electrons. The fraction of sp³-hybridized carbons (Fsp3) is 0.517. The average molecular weight is 658 g/mol. The number of hydrogen-bond acceptors (Lipinski definition) is 4. The summed E-state index contributed by atoms with van der Waals surface area (Å²) >= 11 is 0. The van der Waals surface area contributed by atoms with E-state index in [9.17, 15) is 35.9 Å². The van der Waals surface area contributed by atoms with E-state index in [2.05, 4.69) is 4.90 Å². The van der Waals surface area contributed by atoms with Crippen molar-refractivity contribution >= 4 is 36.6 Å². The van der Waals surface area contributed by atoms with Crippen LogP contribution in [0.3, 0.4) is 0 Å². The van der Waals surface area contributed by atoms with Crippen LogP contribution < -0.4 is 0 Å². The quantitative estimate of drug-likeness (QED) is 0.350. The topological polar surface area (TPSA) is 47.1 Å². The van der Waals surface area contributed by atoms with Gasteiger partial charge < -0.3 is 9.80 Å². The summed E-state index contributed by atoms with van der Waals surface area (Å²) in [6.07, 6.45) is -8.01. The van der Waals surface area contributed by atoms with Crippen molar-refractivity contribution in [2.45, 2.75) is 37.7 Å². The first-order valence-electron chi connectivity index (χ1n) is 13.7. The summed E-state index contributed by atoms with van der Waals surface area (Å²) < 4.78 is 79.7. The minimum absolute atomic E-state index is 0. The Kier molecular flexibility index (Phi) is 13.2. The molecule has 2 aliphatic heterocycles. The van der Waals surface area contributed by atoms with Gasteiger partial charge in [-0.25, -0.2) is 0 Å². The van der Waals surface area contributed by atoms with Gasteiger partial charge in [0, 0.05) is 52.9 Å². The number of carbonyl (C=O) groups excluding carboxylic acids is 2. The van der Waals surface area contributed by atoms with E-state index in [1.165, 1.54) is 11.9 Å². The molecule has 0 bridgehead atoms. The third-order valence-electron chi connectivity index (χ3n) is 7.70. The van der Waals surface area contributed by atoms with E-state index in [1.807, 2.05) is 40.1 Å². The van der Waals surface area contributed by atoms with Crippen molar-refractivity contribution in [3.8, 4) is 0 Å². The molecule has 2 aromatic rings. The Morgan fingerprint density at radius 3 is 1.86 bits per heavy atom. The van der Waals surface area contributed by atoms with Crippen molar-refractivity contribution < 1.29 is 35.9 Å². The molecule has 1 atom stereocenters. The number of likely N-dealkylation sites (tertiary alicyclic amines) is 1. The van der Waals surface area contributed by atoms with Gasteiger partial charge in [-0.2, -0.15) is 26.3 Å². The number of rotatable bonds is 8. The van der Waals surface area contributed by atoms with Crippen LogP contribution in [0, 0.1) is 0 Å². The highest BCUT2D eigenvalue weighted by Gasteiger charge is 2.37. The molecule has 2 aliphatic rings. The molecule has 0 aromatic heterocycles. The third kappa shape index (κ3) is 9.72. The highest BCUT2D eigenvalue weighted by Crippen LogP contribution is 2.36. The number of piperazine rings is 1. The van der Waals surface area contributed by atoms with E-state index >= 15 is 0 Å². The number of carbonyl (C=O) groups is 2. The molecule has 2 saturated heterocycles. The van der Waals surface area contributed by atoms with Gasteiger partial charge in [-0.05, 0) is 48.6 Å². The number of halogens is 8. The maximum atomic E-state index is 13.7. The second-order valence-corrected chi connectivity index (χ2v) is 10.6. The molecule has 0 saturated carbocycles. The van der Waals surface area contributed by atoms with Gasteiger partial charge in [-0.15, -0.1) is 24.8 Å². The lowest BCUT2D eigenvalue weighted by Crippen LogP contribution is -2.53. The first kappa shape index (κ1) is 36.7. The number of likely N-dealkylation sites (N-methyl/N-ethyl adjacent to an activating group) is 1. The van der Waals surface area contributed by atoms with E-state index in [-0.39, 0.29) is 61.2 Å². The standard InChI is InChI=1S/C29H34F6N4O2.2ClH/c1-36(12-9-21-17-23(28(30,31)32)19-24(18-21)29(33,34)35)27(41)26(22-7-3-2-4-8-22)39-15-13-37(14-16-39)20-25(40)38-10-5-6-11-38;;/h2-4,7-8,17-19,26H,5-6,9-16,20H2,1H3;2*1H. The third-order valence-corrected chi connectivity index (χ3v) is 7.70. The Labute approximate surface area is 259 Å². The van der Waals surface area contributed by atoms with E-state index in [1.54, 1.807) is 0 Å². The lowest BCUT2D eigenvalue weighted by atomic mass is 10.0. The van der Waals surface area contributed by atoms with Crippen LogP contribution in [-0.2, 0) is 28.4 Å². The smallest absolute Gasteiger partial charge is 0.344 e. The predicted octanol–water partition coefficient (Wildman–Crippen LogP) is 5.55. The summed E-state index contributed by atoms with van der Waals surface area (Å²) in [5.74, 6) is -0.199. The largest absolute Gasteiger partial charge is 0.416 e. The normalized spacial score (nSPS) is 17.1. The van der Waals surface area contributed by atoms with E-state index in [0.29, 0.717) is 44.9 Å². The van der Waals surface area contributed by atoms with Gasteiger partial charge in [0.15, 0.2) is 0 Å². The van der Waals surface area contributed by atoms with Gasteiger partial charge in [0.05, 0.1) is 17.7 Å². The van der Waals surface area contributed by atoms with Crippen molar-refractivity contribution in [2.24, 2.45) is 0 Å². The highest BCUT2D eigenvalue weighted by atomic mass is 35.5. The molecule has 0 N–H and O–H groups in total. The van der Waals surface area contributed by atoms with Crippen LogP contribution in [0.1, 0.15) is 41.1 Å². The average Bonchev–Trinajstić information content (AvgIpc) is 3.48. The summed E-state index contributed by atoms with van der Waals surface area (Å²) in [4.78, 5) is 33.6. The minimum Gasteiger partial charge on any atom is -0.344 e. The molecule has 0 spiro atoms. The van der Waals surface area contributed by atoms with Crippen molar-refractivity contribution in [1.29, 1.82) is 0 Å². The first-order valence-corrected chi connectivity index (χ1v) is 13.7. The van der Waals surface area contributed by atoms with E-state index in [4.69, 9.17) is 0 Å². The molecule has 2 fully saturated rings. The molecule has 2 aromatic carbocycles. The Hall–Kier alpha value is -2.54. The molecule has 240 valence electrons. The molecule has 6 nitrogen and oxygen atoms in total. The zero-order chi connectivity index (χ0) is 29.8. The van der Waals surface area contributed by atoms with Gasteiger partial charge in [0.2, 0.25) is 11.8 Å². The Morgan fingerprint density at radius 1 is 0.814 bits per heavy atom. The van der Waals surface area contributed by atoms with Crippen LogP contribution in [0.25, 0.3) is 0 Å². The lowest BCUT2D eigenvalue weighted by Gasteiger charge is -2.40. The molecule has 2 heterocycles. The number of nitrogens with zero attached hydrogens (tertiary/aromatic N) is 4. The molecule has 1 unspecified atom stereocenters. The van der Waals surface area contributed by atoms with Gasteiger partial charge in [-0.1, -0.05) is 30.3 Å². The molecular weight excluding hydrogens is 621 g/mol. The van der Waals surface area contributed by atoms with Gasteiger partial charge in [-0.3, -0.25) is 19.4 Å². The Morgan fingerprint density at radius 2 is 1.35 bits per heavy atom. The zero-order valence-corrected chi connectivity index (χ0v) is 25.3. The SMILES string of the molecule is CN(CCc1cc(C(F)(F)F)cc(C(F)(F)F)c1)C(=O)C(c1ccccc1)N1CCN(CC(=O)N2CCCC2)CC1.Cl.Cl. The van der Waals surface area contributed by atoms with Crippen LogP contribution >= 0.6 is 24.8 Å². The summed E-state index contributed by atoms with van der Waals surface area (Å²) in [6.45, 7) is 4.06. The fourth-order valence-corrected chi connectivity index (χ4v) is 5.36. The van der Waals surface area contributed by atoms with Gasteiger partial charge in [0.25, 0.3) is 0 Å². The molecule has 2 amide bonds. The van der Waals surface area contributed by atoms with Crippen LogP contribution in [-0.4, -0.2) is 90.8 Å². The van der Waals surface area contributed by atoms with Crippen molar-refractivity contribution in [3.05, 3.63) is 70.8 Å². The molecule has 14 heteroatoms. The van der Waals surface area contributed by atoms with E-state index in [0.717, 1.165) is 31.5 Å². The number of benzene rings is 2. The zero-order valence-electron chi connectivity index (χ0n) is 23.7. The summed E-state index contributed by atoms with van der Waals surface area (Å²) in [6, 6.07) is 9.90. The van der Waals surface area contributed by atoms with Gasteiger partial charge in [0.1, 0.15) is 6.04 Å². The van der Waals surface area contributed by atoms with Gasteiger partial charge >= 0.3 is 12.4 Å². The van der Waals surface area contributed by atoms with Crippen LogP contribution in [0.15, 0.2) is 48.5 Å². The first-order chi connectivity index (χ1) is 19.3. The molecule has 4 rings (SSSR count). The summed E-state index contributed by atoms with van der Waals surface area (Å²) in [5.41, 5.74) is -2.16. The van der Waals surface area contributed by atoms with Crippen molar-refractivity contribution in [2.75, 3.05) is 59.4 Å².